The molecular formula is C28H28N2O4. The normalized spacial score (nSPS) is 15.5. The van der Waals surface area contributed by atoms with Gasteiger partial charge in [-0.1, -0.05) is 48.0 Å². The van der Waals surface area contributed by atoms with Crippen molar-refractivity contribution in [1.29, 1.82) is 0 Å². The lowest BCUT2D eigenvalue weighted by atomic mass is 10.1. The van der Waals surface area contributed by atoms with Gasteiger partial charge in [-0.2, -0.15) is 0 Å². The number of benzene rings is 3. The van der Waals surface area contributed by atoms with Crippen LogP contribution in [0.2, 0.25) is 0 Å². The summed E-state index contributed by atoms with van der Waals surface area (Å²) in [6.45, 7) is 4.70. The Bertz CT molecular complexity index is 1160. The molecule has 0 N–H and O–H groups in total. The molecule has 1 aliphatic heterocycles. The van der Waals surface area contributed by atoms with E-state index >= 15 is 0 Å². The second kappa shape index (κ2) is 10.3. The van der Waals surface area contributed by atoms with Gasteiger partial charge in [-0.05, 0) is 62.2 Å². The molecular weight excluding hydrogens is 428 g/mol. The zero-order valence-corrected chi connectivity index (χ0v) is 19.4. The van der Waals surface area contributed by atoms with Crippen LogP contribution >= 0.6 is 0 Å². The van der Waals surface area contributed by atoms with E-state index in [1.807, 2.05) is 56.3 Å². The summed E-state index contributed by atoms with van der Waals surface area (Å²) in [5.74, 6) is -0.292. The highest BCUT2D eigenvalue weighted by molar-refractivity contribution is 6.23. The van der Waals surface area contributed by atoms with Crippen molar-refractivity contribution in [3.63, 3.8) is 0 Å². The van der Waals surface area contributed by atoms with Gasteiger partial charge in [-0.3, -0.25) is 14.4 Å². The van der Waals surface area contributed by atoms with Crippen LogP contribution in [0.3, 0.4) is 0 Å². The molecule has 0 saturated carbocycles. The topological polar surface area (TPSA) is 66.9 Å². The number of carbonyl (C=O) groups excluding carboxylic acids is 3. The molecule has 1 unspecified atom stereocenters. The monoisotopic (exact) mass is 456 g/mol. The van der Waals surface area contributed by atoms with Crippen LogP contribution in [-0.2, 0) is 16.0 Å². The summed E-state index contributed by atoms with van der Waals surface area (Å²) in [6, 6.07) is 23.1. The third kappa shape index (κ3) is 5.01. The lowest BCUT2D eigenvalue weighted by Crippen LogP contribution is -2.46. The van der Waals surface area contributed by atoms with Crippen LogP contribution in [-0.4, -0.2) is 41.8 Å². The smallest absolute Gasteiger partial charge is 0.257 e. The fourth-order valence-electron chi connectivity index (χ4n) is 4.14. The SMILES string of the molecule is CCOc1ccc(N2C(=O)CC(N(CCc3ccccc3)C(=O)c3ccc(C)cc3)C2=O)cc1. The van der Waals surface area contributed by atoms with Crippen molar-refractivity contribution in [2.45, 2.75) is 32.7 Å². The molecule has 1 fully saturated rings. The summed E-state index contributed by atoms with van der Waals surface area (Å²) >= 11 is 0. The van der Waals surface area contributed by atoms with Gasteiger partial charge in [-0.25, -0.2) is 4.90 Å². The summed E-state index contributed by atoms with van der Waals surface area (Å²) in [7, 11) is 0. The first kappa shape index (κ1) is 23.2. The van der Waals surface area contributed by atoms with Crippen molar-refractivity contribution in [3.8, 4) is 5.75 Å². The highest BCUT2D eigenvalue weighted by atomic mass is 16.5. The van der Waals surface area contributed by atoms with Crippen LogP contribution in [0.5, 0.6) is 5.75 Å². The minimum Gasteiger partial charge on any atom is -0.494 e. The molecule has 1 saturated heterocycles. The summed E-state index contributed by atoms with van der Waals surface area (Å²) in [5, 5.41) is 0. The Morgan fingerprint density at radius 3 is 2.29 bits per heavy atom. The van der Waals surface area contributed by atoms with Gasteiger partial charge in [0, 0.05) is 12.1 Å². The van der Waals surface area contributed by atoms with E-state index in [0.717, 1.165) is 11.1 Å². The average Bonchev–Trinajstić information content (AvgIpc) is 3.14. The first-order valence-corrected chi connectivity index (χ1v) is 11.5. The summed E-state index contributed by atoms with van der Waals surface area (Å²) in [5.41, 5.74) is 3.08. The Labute approximate surface area is 199 Å². The Morgan fingerprint density at radius 2 is 1.65 bits per heavy atom. The number of hydrogen-bond acceptors (Lipinski definition) is 4. The number of imide groups is 1. The lowest BCUT2D eigenvalue weighted by molar-refractivity contribution is -0.122. The molecule has 0 aromatic heterocycles. The van der Waals surface area contributed by atoms with E-state index < -0.39 is 6.04 Å². The quantitative estimate of drug-likeness (QED) is 0.471. The third-order valence-electron chi connectivity index (χ3n) is 5.95. The largest absolute Gasteiger partial charge is 0.494 e. The summed E-state index contributed by atoms with van der Waals surface area (Å²) in [4.78, 5) is 42.6. The predicted molar refractivity (Wildman–Crippen MR) is 131 cm³/mol. The molecule has 3 amide bonds. The number of aryl methyl sites for hydroxylation is 1. The van der Waals surface area contributed by atoms with E-state index in [0.29, 0.717) is 36.6 Å². The molecule has 4 rings (SSSR count). The maximum atomic E-state index is 13.5. The van der Waals surface area contributed by atoms with E-state index in [1.54, 1.807) is 41.3 Å². The zero-order chi connectivity index (χ0) is 24.1. The molecule has 6 heteroatoms. The molecule has 0 radical (unpaired) electrons. The van der Waals surface area contributed by atoms with Crippen LogP contribution in [0.25, 0.3) is 0 Å². The van der Waals surface area contributed by atoms with E-state index in [4.69, 9.17) is 4.74 Å². The van der Waals surface area contributed by atoms with Crippen LogP contribution in [0.1, 0.15) is 34.8 Å². The Balaban J connectivity index is 1.60. The van der Waals surface area contributed by atoms with E-state index in [1.165, 1.54) is 4.90 Å². The van der Waals surface area contributed by atoms with Gasteiger partial charge in [0.25, 0.3) is 11.8 Å². The second-order valence-electron chi connectivity index (χ2n) is 8.31. The number of hydrogen-bond donors (Lipinski definition) is 0. The van der Waals surface area contributed by atoms with E-state index in [9.17, 15) is 14.4 Å². The minimum absolute atomic E-state index is 0.0432. The van der Waals surface area contributed by atoms with Crippen LogP contribution < -0.4 is 9.64 Å². The van der Waals surface area contributed by atoms with Crippen LogP contribution in [0, 0.1) is 6.92 Å². The molecule has 0 bridgehead atoms. The standard InChI is InChI=1S/C28H28N2O4/c1-3-34-24-15-13-23(14-16-24)30-26(31)19-25(28(30)33)29(18-17-21-7-5-4-6-8-21)27(32)22-11-9-20(2)10-12-22/h4-16,25H,3,17-19H2,1-2H3. The summed E-state index contributed by atoms with van der Waals surface area (Å²) < 4.78 is 5.46. The van der Waals surface area contributed by atoms with Crippen molar-refractivity contribution in [3.05, 3.63) is 95.6 Å². The first-order chi connectivity index (χ1) is 16.5. The summed E-state index contributed by atoms with van der Waals surface area (Å²) in [6.07, 6.45) is 0.540. The molecule has 174 valence electrons. The molecule has 6 nitrogen and oxygen atoms in total. The van der Waals surface area contributed by atoms with Gasteiger partial charge >= 0.3 is 0 Å². The number of anilines is 1. The molecule has 0 spiro atoms. The van der Waals surface area contributed by atoms with Crippen molar-refractivity contribution < 1.29 is 19.1 Å². The predicted octanol–water partition coefficient (Wildman–Crippen LogP) is 4.41. The highest BCUT2D eigenvalue weighted by Crippen LogP contribution is 2.28. The lowest BCUT2D eigenvalue weighted by Gasteiger charge is -2.28. The average molecular weight is 457 g/mol. The molecule has 3 aromatic rings. The number of carbonyl (C=O) groups is 3. The van der Waals surface area contributed by atoms with E-state index in [2.05, 4.69) is 0 Å². The fourth-order valence-corrected chi connectivity index (χ4v) is 4.14. The van der Waals surface area contributed by atoms with Gasteiger partial charge < -0.3 is 9.64 Å². The first-order valence-electron chi connectivity index (χ1n) is 11.5. The van der Waals surface area contributed by atoms with Crippen LogP contribution in [0.4, 0.5) is 5.69 Å². The van der Waals surface area contributed by atoms with Gasteiger partial charge in [-0.15, -0.1) is 0 Å². The number of amides is 3. The molecule has 0 aliphatic carbocycles. The van der Waals surface area contributed by atoms with Crippen LogP contribution in [0.15, 0.2) is 78.9 Å². The Kier molecular flexibility index (Phi) is 7.07. The number of nitrogens with zero attached hydrogens (tertiary/aromatic N) is 2. The Morgan fingerprint density at radius 1 is 0.971 bits per heavy atom. The zero-order valence-electron chi connectivity index (χ0n) is 19.4. The van der Waals surface area contributed by atoms with Crippen molar-refractivity contribution in [2.24, 2.45) is 0 Å². The van der Waals surface area contributed by atoms with Gasteiger partial charge in [0.05, 0.1) is 18.7 Å². The van der Waals surface area contributed by atoms with E-state index in [-0.39, 0.29) is 24.1 Å². The molecule has 1 heterocycles. The highest BCUT2D eigenvalue weighted by Gasteiger charge is 2.44. The maximum absolute atomic E-state index is 13.5. The molecule has 1 aliphatic rings. The second-order valence-corrected chi connectivity index (χ2v) is 8.31. The van der Waals surface area contributed by atoms with Gasteiger partial charge in [0.2, 0.25) is 5.91 Å². The minimum atomic E-state index is -0.850. The number of rotatable bonds is 8. The molecule has 34 heavy (non-hydrogen) atoms. The third-order valence-corrected chi connectivity index (χ3v) is 5.95. The Hall–Kier alpha value is -3.93. The molecule has 3 aromatic carbocycles. The van der Waals surface area contributed by atoms with Crippen molar-refractivity contribution in [2.75, 3.05) is 18.1 Å². The van der Waals surface area contributed by atoms with Crippen molar-refractivity contribution >= 4 is 23.4 Å². The van der Waals surface area contributed by atoms with Gasteiger partial charge in [0.1, 0.15) is 11.8 Å². The van der Waals surface area contributed by atoms with Gasteiger partial charge in [0.15, 0.2) is 0 Å². The maximum Gasteiger partial charge on any atom is 0.257 e. The number of ether oxygens (including phenoxy) is 1. The van der Waals surface area contributed by atoms with Crippen molar-refractivity contribution in [1.82, 2.24) is 4.90 Å². The molecule has 1 atom stereocenters. The fraction of sp³-hybridized carbons (Fsp3) is 0.250.